The third-order valence-corrected chi connectivity index (χ3v) is 11.1. The molecule has 0 aliphatic rings. The molecule has 0 unspecified atom stereocenters. The Hall–Kier alpha value is -7.83. The van der Waals surface area contributed by atoms with Crippen LogP contribution >= 0.6 is 0 Å². The molecule has 4 heterocycles. The lowest BCUT2D eigenvalue weighted by atomic mass is 9.97. The number of nitrogens with zero attached hydrogens (tertiary/aromatic N) is 4. The third-order valence-electron chi connectivity index (χ3n) is 11.1. The Morgan fingerprint density at radius 2 is 0.912 bits per heavy atom. The summed E-state index contributed by atoms with van der Waals surface area (Å²) in [7, 11) is 0. The normalized spacial score (nSPS) is 11.9. The molecule has 57 heavy (non-hydrogen) atoms. The minimum atomic E-state index is 0.509. The summed E-state index contributed by atoms with van der Waals surface area (Å²) in [6, 6.07) is 62.7. The molecule has 8 aromatic carbocycles. The SMILES string of the molecule is c1ccc(-c2ccc(-c3nc(-c4cc(-c5ccccc5)c5c(c4)oc4ccccc45)nc(-n4c5ccccc5c5cc6c(cc54)oc4ccccc46)n3)cc2)cc1. The van der Waals surface area contributed by atoms with Crippen molar-refractivity contribution in [2.45, 2.75) is 0 Å². The first kappa shape index (κ1) is 31.5. The fraction of sp³-hybridized carbons (Fsp3) is 0. The van der Waals surface area contributed by atoms with Crippen molar-refractivity contribution in [3.05, 3.63) is 182 Å². The van der Waals surface area contributed by atoms with E-state index < -0.39 is 0 Å². The highest BCUT2D eigenvalue weighted by Crippen LogP contribution is 2.41. The van der Waals surface area contributed by atoms with Crippen molar-refractivity contribution in [1.29, 1.82) is 0 Å². The van der Waals surface area contributed by atoms with Gasteiger partial charge in [-0.05, 0) is 58.7 Å². The van der Waals surface area contributed by atoms with Gasteiger partial charge in [-0.15, -0.1) is 0 Å². The number of hydrogen-bond donors (Lipinski definition) is 0. The largest absolute Gasteiger partial charge is 0.456 e. The molecule has 0 aliphatic heterocycles. The Bertz CT molecular complexity index is 3510. The van der Waals surface area contributed by atoms with Crippen LogP contribution in [0.15, 0.2) is 191 Å². The minimum Gasteiger partial charge on any atom is -0.456 e. The Morgan fingerprint density at radius 1 is 0.333 bits per heavy atom. The molecule has 0 atom stereocenters. The van der Waals surface area contributed by atoms with Crippen LogP contribution in [0.5, 0.6) is 0 Å². The maximum Gasteiger partial charge on any atom is 0.238 e. The van der Waals surface area contributed by atoms with Gasteiger partial charge in [-0.3, -0.25) is 4.57 Å². The second-order valence-corrected chi connectivity index (χ2v) is 14.4. The molecule has 6 nitrogen and oxygen atoms in total. The van der Waals surface area contributed by atoms with E-state index in [0.29, 0.717) is 17.6 Å². The van der Waals surface area contributed by atoms with Crippen LogP contribution in [0.3, 0.4) is 0 Å². The molecule has 266 valence electrons. The van der Waals surface area contributed by atoms with E-state index in [1.54, 1.807) is 0 Å². The molecule has 0 saturated heterocycles. The van der Waals surface area contributed by atoms with Gasteiger partial charge in [0.25, 0.3) is 0 Å². The first-order chi connectivity index (χ1) is 28.2. The van der Waals surface area contributed by atoms with Gasteiger partial charge in [0.15, 0.2) is 11.6 Å². The Morgan fingerprint density at radius 3 is 1.68 bits per heavy atom. The monoisotopic (exact) mass is 730 g/mol. The summed E-state index contributed by atoms with van der Waals surface area (Å²) < 4.78 is 15.1. The van der Waals surface area contributed by atoms with Crippen molar-refractivity contribution in [3.8, 4) is 51.0 Å². The van der Waals surface area contributed by atoms with E-state index >= 15 is 0 Å². The number of rotatable bonds is 5. The van der Waals surface area contributed by atoms with E-state index in [-0.39, 0.29) is 0 Å². The first-order valence-corrected chi connectivity index (χ1v) is 19.0. The first-order valence-electron chi connectivity index (χ1n) is 19.0. The zero-order chi connectivity index (χ0) is 37.5. The molecule has 0 radical (unpaired) electrons. The second kappa shape index (κ2) is 12.3. The van der Waals surface area contributed by atoms with Crippen LogP contribution in [-0.2, 0) is 0 Å². The van der Waals surface area contributed by atoms with Gasteiger partial charge in [-0.25, -0.2) is 4.98 Å². The molecule has 0 aliphatic carbocycles. The average Bonchev–Trinajstić information content (AvgIpc) is 3.95. The molecule has 12 rings (SSSR count). The van der Waals surface area contributed by atoms with Crippen LogP contribution in [0.4, 0.5) is 0 Å². The molecule has 0 bridgehead atoms. The third kappa shape index (κ3) is 5.01. The Labute approximate surface area is 325 Å². The predicted molar refractivity (Wildman–Crippen MR) is 230 cm³/mol. The van der Waals surface area contributed by atoms with Gasteiger partial charge in [0.1, 0.15) is 22.3 Å². The molecular formula is C51H30N4O2. The molecule has 0 spiro atoms. The van der Waals surface area contributed by atoms with Gasteiger partial charge >= 0.3 is 0 Å². The lowest BCUT2D eigenvalue weighted by Crippen LogP contribution is -2.06. The lowest BCUT2D eigenvalue weighted by Gasteiger charge is -2.12. The molecule has 12 aromatic rings. The fourth-order valence-corrected chi connectivity index (χ4v) is 8.40. The van der Waals surface area contributed by atoms with Crippen molar-refractivity contribution >= 4 is 65.7 Å². The van der Waals surface area contributed by atoms with Crippen LogP contribution in [0.25, 0.3) is 117 Å². The summed E-state index contributed by atoms with van der Waals surface area (Å²) in [5, 5.41) is 6.48. The van der Waals surface area contributed by atoms with Gasteiger partial charge < -0.3 is 8.83 Å². The maximum absolute atomic E-state index is 6.54. The smallest absolute Gasteiger partial charge is 0.238 e. The number of para-hydroxylation sites is 3. The van der Waals surface area contributed by atoms with Gasteiger partial charge in [0, 0.05) is 49.5 Å². The maximum atomic E-state index is 6.54. The Balaban J connectivity index is 1.14. The van der Waals surface area contributed by atoms with Crippen molar-refractivity contribution < 1.29 is 8.83 Å². The summed E-state index contributed by atoms with van der Waals surface area (Å²) in [4.78, 5) is 15.8. The van der Waals surface area contributed by atoms with E-state index in [4.69, 9.17) is 23.8 Å². The molecule has 6 heteroatoms. The number of fused-ring (bicyclic) bond motifs is 9. The topological polar surface area (TPSA) is 69.9 Å². The van der Waals surface area contributed by atoms with Gasteiger partial charge in [-0.2, -0.15) is 9.97 Å². The summed E-state index contributed by atoms with van der Waals surface area (Å²) >= 11 is 0. The number of furan rings is 2. The van der Waals surface area contributed by atoms with Crippen molar-refractivity contribution in [1.82, 2.24) is 19.5 Å². The van der Waals surface area contributed by atoms with E-state index in [1.807, 2.05) is 36.4 Å². The van der Waals surface area contributed by atoms with Crippen LogP contribution in [-0.4, -0.2) is 19.5 Å². The molecule has 0 fully saturated rings. The van der Waals surface area contributed by atoms with Gasteiger partial charge in [-0.1, -0.05) is 140 Å². The van der Waals surface area contributed by atoms with E-state index in [9.17, 15) is 0 Å². The molecule has 4 aromatic heterocycles. The van der Waals surface area contributed by atoms with Crippen LogP contribution in [0, 0.1) is 0 Å². The molecule has 0 N–H and O–H groups in total. The summed E-state index contributed by atoms with van der Waals surface area (Å²) in [6.07, 6.45) is 0. The fourth-order valence-electron chi connectivity index (χ4n) is 8.40. The molecule has 0 amide bonds. The minimum absolute atomic E-state index is 0.509. The van der Waals surface area contributed by atoms with E-state index in [2.05, 4.69) is 150 Å². The summed E-state index contributed by atoms with van der Waals surface area (Å²) in [5.74, 6) is 1.61. The van der Waals surface area contributed by atoms with Crippen LogP contribution in [0.2, 0.25) is 0 Å². The highest BCUT2D eigenvalue weighted by Gasteiger charge is 2.22. The van der Waals surface area contributed by atoms with Crippen molar-refractivity contribution in [3.63, 3.8) is 0 Å². The second-order valence-electron chi connectivity index (χ2n) is 14.4. The molecular weight excluding hydrogens is 701 g/mol. The van der Waals surface area contributed by atoms with Gasteiger partial charge in [0.2, 0.25) is 5.95 Å². The number of benzene rings is 8. The summed E-state index contributed by atoms with van der Waals surface area (Å²) in [5.41, 5.74) is 11.3. The summed E-state index contributed by atoms with van der Waals surface area (Å²) in [6.45, 7) is 0. The van der Waals surface area contributed by atoms with Crippen LogP contribution in [0.1, 0.15) is 0 Å². The van der Waals surface area contributed by atoms with E-state index in [0.717, 1.165) is 99.1 Å². The van der Waals surface area contributed by atoms with Gasteiger partial charge in [0.05, 0.1) is 11.0 Å². The predicted octanol–water partition coefficient (Wildman–Crippen LogP) is 13.4. The van der Waals surface area contributed by atoms with E-state index in [1.165, 1.54) is 0 Å². The standard InChI is InChI=1S/C51H30N4O2/c1-3-13-31(14-4-1)32-23-25-34(26-24-32)49-52-50(35-27-39(33-15-5-2-6-16-33)48-38-19-9-12-22-45(38)57-47(48)28-35)54-51(53-49)55-42-20-10-7-17-36(42)40-29-41-37-18-8-11-21-44(37)56-46(41)30-43(40)55/h1-30H. The number of hydrogen-bond acceptors (Lipinski definition) is 5. The highest BCUT2D eigenvalue weighted by molar-refractivity contribution is 6.17. The zero-order valence-corrected chi connectivity index (χ0v) is 30.4. The lowest BCUT2D eigenvalue weighted by molar-refractivity contribution is 0.668. The zero-order valence-electron chi connectivity index (χ0n) is 30.4. The highest BCUT2D eigenvalue weighted by atomic mass is 16.3. The quantitative estimate of drug-likeness (QED) is 0.176. The molecule has 0 saturated carbocycles. The van der Waals surface area contributed by atoms with Crippen molar-refractivity contribution in [2.75, 3.05) is 0 Å². The average molecular weight is 731 g/mol. The Kier molecular flexibility index (Phi) is 6.83. The number of aromatic nitrogens is 4. The van der Waals surface area contributed by atoms with Crippen LogP contribution < -0.4 is 0 Å². The van der Waals surface area contributed by atoms with Crippen molar-refractivity contribution in [2.24, 2.45) is 0 Å².